The summed E-state index contributed by atoms with van der Waals surface area (Å²) < 4.78 is 6.05. The van der Waals surface area contributed by atoms with Crippen LogP contribution in [-0.4, -0.2) is 28.3 Å². The molecule has 2 fully saturated rings. The normalized spacial score (nSPS) is 26.5. The molecule has 0 spiro atoms. The minimum Gasteiger partial charge on any atom is -0.486 e. The Morgan fingerprint density at radius 3 is 2.80 bits per heavy atom. The van der Waals surface area contributed by atoms with E-state index in [2.05, 4.69) is 10.3 Å². The number of rotatable bonds is 5. The Labute approximate surface area is 120 Å². The summed E-state index contributed by atoms with van der Waals surface area (Å²) in [5.41, 5.74) is 1.98. The summed E-state index contributed by atoms with van der Waals surface area (Å²) >= 11 is 0. The first-order chi connectivity index (χ1) is 9.72. The van der Waals surface area contributed by atoms with Gasteiger partial charge in [0.25, 0.3) is 0 Å². The standard InChI is InChI=1S/C16H24N2O2/c1-11-6-9-15(13(18-11)10-17-12-7-8-12)20-16-5-3-2-4-14(16)19/h6,9,12,14,16-17,19H,2-5,7-8,10H2,1H3. The van der Waals surface area contributed by atoms with Gasteiger partial charge in [-0.1, -0.05) is 6.42 Å². The van der Waals surface area contributed by atoms with E-state index in [1.165, 1.54) is 12.8 Å². The van der Waals surface area contributed by atoms with E-state index in [0.717, 1.165) is 49.4 Å². The molecule has 2 N–H and O–H groups in total. The number of aryl methyl sites for hydroxylation is 1. The summed E-state index contributed by atoms with van der Waals surface area (Å²) in [6, 6.07) is 4.63. The fourth-order valence-electron chi connectivity index (χ4n) is 2.74. The minimum absolute atomic E-state index is 0.0760. The molecule has 0 saturated heterocycles. The molecular weight excluding hydrogens is 252 g/mol. The predicted octanol–water partition coefficient (Wildman–Crippen LogP) is 2.32. The molecule has 2 aliphatic rings. The number of nitrogens with zero attached hydrogens (tertiary/aromatic N) is 1. The van der Waals surface area contributed by atoms with Crippen molar-refractivity contribution in [2.75, 3.05) is 0 Å². The van der Waals surface area contributed by atoms with Gasteiger partial charge in [-0.3, -0.25) is 4.98 Å². The van der Waals surface area contributed by atoms with E-state index in [0.29, 0.717) is 6.04 Å². The highest BCUT2D eigenvalue weighted by Gasteiger charge is 2.26. The number of ether oxygens (including phenoxy) is 1. The van der Waals surface area contributed by atoms with Crippen LogP contribution >= 0.6 is 0 Å². The van der Waals surface area contributed by atoms with Gasteiger partial charge in [-0.15, -0.1) is 0 Å². The molecule has 2 unspecified atom stereocenters. The fraction of sp³-hybridized carbons (Fsp3) is 0.688. The van der Waals surface area contributed by atoms with Crippen LogP contribution in [0.5, 0.6) is 5.75 Å². The van der Waals surface area contributed by atoms with E-state index in [1.54, 1.807) is 0 Å². The van der Waals surface area contributed by atoms with Crippen molar-refractivity contribution in [3.63, 3.8) is 0 Å². The molecule has 20 heavy (non-hydrogen) atoms. The Morgan fingerprint density at radius 2 is 2.05 bits per heavy atom. The van der Waals surface area contributed by atoms with Gasteiger partial charge in [-0.05, 0) is 51.2 Å². The van der Waals surface area contributed by atoms with E-state index in [1.807, 2.05) is 19.1 Å². The zero-order valence-electron chi connectivity index (χ0n) is 12.1. The van der Waals surface area contributed by atoms with Crippen LogP contribution in [-0.2, 0) is 6.54 Å². The maximum Gasteiger partial charge on any atom is 0.142 e. The molecule has 3 rings (SSSR count). The van der Waals surface area contributed by atoms with Crippen LogP contribution in [0.1, 0.15) is 49.9 Å². The number of hydrogen-bond acceptors (Lipinski definition) is 4. The lowest BCUT2D eigenvalue weighted by molar-refractivity contribution is 0.00611. The van der Waals surface area contributed by atoms with Gasteiger partial charge in [-0.2, -0.15) is 0 Å². The van der Waals surface area contributed by atoms with E-state index in [9.17, 15) is 5.11 Å². The van der Waals surface area contributed by atoms with Crippen LogP contribution in [0.4, 0.5) is 0 Å². The van der Waals surface area contributed by atoms with Crippen LogP contribution in [0.25, 0.3) is 0 Å². The summed E-state index contributed by atoms with van der Waals surface area (Å²) in [6.45, 7) is 2.75. The van der Waals surface area contributed by atoms with E-state index >= 15 is 0 Å². The van der Waals surface area contributed by atoms with Crippen molar-refractivity contribution >= 4 is 0 Å². The molecule has 0 radical (unpaired) electrons. The van der Waals surface area contributed by atoms with E-state index in [-0.39, 0.29) is 12.2 Å². The van der Waals surface area contributed by atoms with Gasteiger partial charge in [0, 0.05) is 18.3 Å². The first kappa shape index (κ1) is 13.8. The van der Waals surface area contributed by atoms with Gasteiger partial charge in [0.05, 0.1) is 11.8 Å². The van der Waals surface area contributed by atoms with Crippen LogP contribution in [0, 0.1) is 6.92 Å². The van der Waals surface area contributed by atoms with Crippen molar-refractivity contribution in [2.45, 2.75) is 70.2 Å². The second-order valence-corrected chi connectivity index (χ2v) is 6.06. The molecule has 0 amide bonds. The Hall–Kier alpha value is -1.13. The van der Waals surface area contributed by atoms with Crippen molar-refractivity contribution in [3.8, 4) is 5.75 Å². The molecule has 0 bridgehead atoms. The summed E-state index contributed by atoms with van der Waals surface area (Å²) in [4.78, 5) is 4.59. The second-order valence-electron chi connectivity index (χ2n) is 6.06. The smallest absolute Gasteiger partial charge is 0.142 e. The predicted molar refractivity (Wildman–Crippen MR) is 77.7 cm³/mol. The summed E-state index contributed by atoms with van der Waals surface area (Å²) in [7, 11) is 0. The van der Waals surface area contributed by atoms with Crippen LogP contribution in [0.3, 0.4) is 0 Å². The fourth-order valence-corrected chi connectivity index (χ4v) is 2.74. The largest absolute Gasteiger partial charge is 0.486 e. The Bertz CT molecular complexity index is 460. The SMILES string of the molecule is Cc1ccc(OC2CCCCC2O)c(CNC2CC2)n1. The molecule has 0 aliphatic heterocycles. The maximum absolute atomic E-state index is 10.0. The van der Waals surface area contributed by atoms with Crippen LogP contribution in [0.2, 0.25) is 0 Å². The van der Waals surface area contributed by atoms with Gasteiger partial charge in [0.2, 0.25) is 0 Å². The lowest BCUT2D eigenvalue weighted by atomic mass is 9.95. The van der Waals surface area contributed by atoms with Crippen LogP contribution < -0.4 is 10.1 Å². The molecular formula is C16H24N2O2. The van der Waals surface area contributed by atoms with Crippen molar-refractivity contribution in [3.05, 3.63) is 23.5 Å². The average Bonchev–Trinajstić information content (AvgIpc) is 3.25. The molecule has 0 aromatic carbocycles. The average molecular weight is 276 g/mol. The second kappa shape index (κ2) is 6.10. The summed E-state index contributed by atoms with van der Waals surface area (Å²) in [5.74, 6) is 0.828. The van der Waals surface area contributed by atoms with Gasteiger partial charge in [0.15, 0.2) is 0 Å². The highest BCUT2D eigenvalue weighted by Crippen LogP contribution is 2.27. The van der Waals surface area contributed by atoms with Crippen molar-refractivity contribution in [2.24, 2.45) is 0 Å². The van der Waals surface area contributed by atoms with E-state index < -0.39 is 0 Å². The number of pyridine rings is 1. The van der Waals surface area contributed by atoms with Crippen LogP contribution in [0.15, 0.2) is 12.1 Å². The zero-order chi connectivity index (χ0) is 13.9. The Morgan fingerprint density at radius 1 is 1.25 bits per heavy atom. The number of hydrogen-bond donors (Lipinski definition) is 2. The number of aliphatic hydroxyl groups is 1. The number of aromatic nitrogens is 1. The molecule has 2 atom stereocenters. The molecule has 2 aliphatic carbocycles. The molecule has 4 nitrogen and oxygen atoms in total. The van der Waals surface area contributed by atoms with Crippen molar-refractivity contribution < 1.29 is 9.84 Å². The maximum atomic E-state index is 10.0. The van der Waals surface area contributed by atoms with Crippen molar-refractivity contribution in [1.29, 1.82) is 0 Å². The first-order valence-electron chi connectivity index (χ1n) is 7.77. The summed E-state index contributed by atoms with van der Waals surface area (Å²) in [6.07, 6.45) is 6.14. The number of nitrogens with one attached hydrogen (secondary N) is 1. The Balaban J connectivity index is 1.69. The lowest BCUT2D eigenvalue weighted by Gasteiger charge is -2.28. The molecule has 1 heterocycles. The van der Waals surface area contributed by atoms with Gasteiger partial charge in [0.1, 0.15) is 11.9 Å². The van der Waals surface area contributed by atoms with Gasteiger partial charge >= 0.3 is 0 Å². The minimum atomic E-state index is -0.339. The third kappa shape index (κ3) is 3.49. The summed E-state index contributed by atoms with van der Waals surface area (Å²) in [5, 5.41) is 13.5. The highest BCUT2D eigenvalue weighted by molar-refractivity contribution is 5.29. The zero-order valence-corrected chi connectivity index (χ0v) is 12.1. The molecule has 1 aromatic rings. The molecule has 2 saturated carbocycles. The Kier molecular flexibility index (Phi) is 4.22. The van der Waals surface area contributed by atoms with Crippen molar-refractivity contribution in [1.82, 2.24) is 10.3 Å². The topological polar surface area (TPSA) is 54.4 Å². The quantitative estimate of drug-likeness (QED) is 0.866. The first-order valence-corrected chi connectivity index (χ1v) is 7.77. The van der Waals surface area contributed by atoms with E-state index in [4.69, 9.17) is 4.74 Å². The molecule has 110 valence electrons. The molecule has 4 heteroatoms. The molecule has 1 aromatic heterocycles. The number of aliphatic hydroxyl groups excluding tert-OH is 1. The lowest BCUT2D eigenvalue weighted by Crippen LogP contribution is -2.35. The highest BCUT2D eigenvalue weighted by atomic mass is 16.5. The third-order valence-corrected chi connectivity index (χ3v) is 4.15. The van der Waals surface area contributed by atoms with Gasteiger partial charge in [-0.25, -0.2) is 0 Å². The monoisotopic (exact) mass is 276 g/mol. The van der Waals surface area contributed by atoms with Gasteiger partial charge < -0.3 is 15.2 Å². The third-order valence-electron chi connectivity index (χ3n) is 4.15.